The molecule has 0 aliphatic carbocycles. The fourth-order valence-electron chi connectivity index (χ4n) is 3.64. The van der Waals surface area contributed by atoms with Gasteiger partial charge in [0, 0.05) is 25.7 Å². The number of amides is 3. The molecule has 0 unspecified atom stereocenters. The summed E-state index contributed by atoms with van der Waals surface area (Å²) in [4.78, 5) is 28.3. The minimum absolute atomic E-state index is 0.0556. The number of anilines is 2. The standard InChI is InChI=1S/C23H27F2N3O3/c1-14(2)18-7-5-6-8-20(18)28(17-12-27(13-17)16(4)29)23(30)26-19-10-9-15(3)11-21(19)31-22(24)25/h5-11,14,17,22H,12-13H2,1-4H3,(H,26,30). The first-order valence-corrected chi connectivity index (χ1v) is 10.2. The number of likely N-dealkylation sites (tertiary alicyclic amines) is 1. The number of benzene rings is 2. The number of carbonyl (C=O) groups is 2. The van der Waals surface area contributed by atoms with Gasteiger partial charge < -0.3 is 15.0 Å². The van der Waals surface area contributed by atoms with Crippen LogP contribution < -0.4 is 15.0 Å². The predicted octanol–water partition coefficient (Wildman–Crippen LogP) is 4.99. The summed E-state index contributed by atoms with van der Waals surface area (Å²) in [7, 11) is 0. The molecule has 0 saturated carbocycles. The Kier molecular flexibility index (Phi) is 6.77. The fraction of sp³-hybridized carbons (Fsp3) is 0.391. The van der Waals surface area contributed by atoms with Crippen molar-refractivity contribution in [2.45, 2.75) is 46.3 Å². The van der Waals surface area contributed by atoms with Crippen LogP contribution in [0.2, 0.25) is 0 Å². The zero-order chi connectivity index (χ0) is 22.7. The zero-order valence-electron chi connectivity index (χ0n) is 18.1. The summed E-state index contributed by atoms with van der Waals surface area (Å²) in [6, 6.07) is 11.6. The highest BCUT2D eigenvalue weighted by Gasteiger charge is 2.38. The largest absolute Gasteiger partial charge is 0.433 e. The summed E-state index contributed by atoms with van der Waals surface area (Å²) < 4.78 is 30.3. The van der Waals surface area contributed by atoms with Gasteiger partial charge in [-0.3, -0.25) is 9.69 Å². The number of para-hydroxylation sites is 1. The summed E-state index contributed by atoms with van der Waals surface area (Å²) in [5.41, 5.74) is 2.59. The molecule has 1 N–H and O–H groups in total. The van der Waals surface area contributed by atoms with Gasteiger partial charge in [0.05, 0.1) is 11.7 Å². The maximum Gasteiger partial charge on any atom is 0.387 e. The fourth-order valence-corrected chi connectivity index (χ4v) is 3.64. The molecule has 1 aliphatic heterocycles. The van der Waals surface area contributed by atoms with Crippen LogP contribution >= 0.6 is 0 Å². The Balaban J connectivity index is 1.94. The van der Waals surface area contributed by atoms with E-state index in [2.05, 4.69) is 10.1 Å². The van der Waals surface area contributed by atoms with Gasteiger partial charge in [0.25, 0.3) is 0 Å². The average molecular weight is 431 g/mol. The Morgan fingerprint density at radius 2 is 1.84 bits per heavy atom. The van der Waals surface area contributed by atoms with Crippen LogP contribution in [0.5, 0.6) is 5.75 Å². The van der Waals surface area contributed by atoms with Crippen LogP contribution in [-0.4, -0.2) is 42.6 Å². The van der Waals surface area contributed by atoms with Gasteiger partial charge in [-0.05, 0) is 42.2 Å². The monoisotopic (exact) mass is 431 g/mol. The number of hydrogen-bond acceptors (Lipinski definition) is 3. The molecule has 3 amide bonds. The average Bonchev–Trinajstić information content (AvgIpc) is 2.65. The van der Waals surface area contributed by atoms with Crippen molar-refractivity contribution in [3.63, 3.8) is 0 Å². The maximum atomic E-state index is 13.4. The molecular weight excluding hydrogens is 404 g/mol. The van der Waals surface area contributed by atoms with Crippen molar-refractivity contribution in [1.29, 1.82) is 0 Å². The smallest absolute Gasteiger partial charge is 0.387 e. The lowest BCUT2D eigenvalue weighted by atomic mass is 9.98. The van der Waals surface area contributed by atoms with Crippen molar-refractivity contribution in [2.24, 2.45) is 0 Å². The Bertz CT molecular complexity index is 959. The number of carbonyl (C=O) groups excluding carboxylic acids is 2. The first-order chi connectivity index (χ1) is 14.7. The maximum absolute atomic E-state index is 13.4. The molecule has 2 aromatic carbocycles. The highest BCUT2D eigenvalue weighted by atomic mass is 19.3. The van der Waals surface area contributed by atoms with Crippen LogP contribution in [0.25, 0.3) is 0 Å². The molecular formula is C23H27F2N3O3. The molecule has 1 saturated heterocycles. The molecule has 0 atom stereocenters. The number of rotatable bonds is 6. The summed E-state index contributed by atoms with van der Waals surface area (Å²) in [5.74, 6) is 0.00640. The number of alkyl halides is 2. The second-order valence-electron chi connectivity index (χ2n) is 7.97. The van der Waals surface area contributed by atoms with Crippen molar-refractivity contribution in [3.05, 3.63) is 53.6 Å². The molecule has 0 bridgehead atoms. The zero-order valence-corrected chi connectivity index (χ0v) is 18.1. The first-order valence-electron chi connectivity index (χ1n) is 10.2. The quantitative estimate of drug-likeness (QED) is 0.701. The third kappa shape index (κ3) is 5.13. The lowest BCUT2D eigenvalue weighted by molar-refractivity contribution is -0.132. The summed E-state index contributed by atoms with van der Waals surface area (Å²) in [6.07, 6.45) is 0. The first kappa shape index (κ1) is 22.5. The van der Waals surface area contributed by atoms with E-state index < -0.39 is 12.6 Å². The Hall–Kier alpha value is -3.16. The van der Waals surface area contributed by atoms with Crippen molar-refractivity contribution < 1.29 is 23.1 Å². The molecule has 1 fully saturated rings. The minimum Gasteiger partial charge on any atom is -0.433 e. The molecule has 31 heavy (non-hydrogen) atoms. The number of aryl methyl sites for hydroxylation is 1. The van der Waals surface area contributed by atoms with Gasteiger partial charge in [-0.25, -0.2) is 4.79 Å². The number of halogens is 2. The molecule has 0 aromatic heterocycles. The number of nitrogens with zero attached hydrogens (tertiary/aromatic N) is 2. The van der Waals surface area contributed by atoms with Crippen LogP contribution in [0.4, 0.5) is 25.0 Å². The molecule has 0 spiro atoms. The van der Waals surface area contributed by atoms with Gasteiger partial charge in [-0.2, -0.15) is 8.78 Å². The molecule has 0 radical (unpaired) electrons. The van der Waals surface area contributed by atoms with E-state index in [1.165, 1.54) is 13.0 Å². The van der Waals surface area contributed by atoms with Crippen molar-refractivity contribution >= 4 is 23.3 Å². The third-order valence-corrected chi connectivity index (χ3v) is 5.30. The van der Waals surface area contributed by atoms with Crippen LogP contribution in [0.15, 0.2) is 42.5 Å². The van der Waals surface area contributed by atoms with Crippen LogP contribution in [0.1, 0.15) is 37.8 Å². The van der Waals surface area contributed by atoms with Gasteiger partial charge >= 0.3 is 12.6 Å². The summed E-state index contributed by atoms with van der Waals surface area (Å²) in [6.45, 7) is 5.11. The highest BCUT2D eigenvalue weighted by Crippen LogP contribution is 2.33. The molecule has 166 valence electrons. The lowest BCUT2D eigenvalue weighted by Crippen LogP contribution is -2.63. The highest BCUT2D eigenvalue weighted by molar-refractivity contribution is 6.04. The molecule has 6 nitrogen and oxygen atoms in total. The normalized spacial score (nSPS) is 13.9. The van der Waals surface area contributed by atoms with Crippen molar-refractivity contribution in [2.75, 3.05) is 23.3 Å². The van der Waals surface area contributed by atoms with Crippen molar-refractivity contribution in [3.8, 4) is 5.75 Å². The molecule has 8 heteroatoms. The number of hydrogen-bond donors (Lipinski definition) is 1. The van der Waals surface area contributed by atoms with Gasteiger partial charge in [-0.15, -0.1) is 0 Å². The van der Waals surface area contributed by atoms with E-state index in [1.807, 2.05) is 38.1 Å². The molecule has 2 aromatic rings. The van der Waals surface area contributed by atoms with Crippen molar-refractivity contribution in [1.82, 2.24) is 4.90 Å². The van der Waals surface area contributed by atoms with Gasteiger partial charge in [0.1, 0.15) is 5.75 Å². The van der Waals surface area contributed by atoms with E-state index >= 15 is 0 Å². The van der Waals surface area contributed by atoms with E-state index in [0.717, 1.165) is 16.8 Å². The van der Waals surface area contributed by atoms with E-state index in [4.69, 9.17) is 0 Å². The Morgan fingerprint density at radius 1 is 1.16 bits per heavy atom. The van der Waals surface area contributed by atoms with E-state index in [-0.39, 0.29) is 29.3 Å². The van der Waals surface area contributed by atoms with E-state index in [1.54, 1.807) is 28.9 Å². The van der Waals surface area contributed by atoms with E-state index in [9.17, 15) is 18.4 Å². The number of ether oxygens (including phenoxy) is 1. The molecule has 1 heterocycles. The SMILES string of the molecule is CC(=O)N1CC(N(C(=O)Nc2ccc(C)cc2OC(F)F)c2ccccc2C(C)C)C1. The molecule has 1 aliphatic rings. The van der Waals surface area contributed by atoms with E-state index in [0.29, 0.717) is 13.1 Å². The summed E-state index contributed by atoms with van der Waals surface area (Å²) in [5, 5.41) is 2.73. The van der Waals surface area contributed by atoms with Crippen LogP contribution in [-0.2, 0) is 4.79 Å². The molecule has 3 rings (SSSR count). The van der Waals surface area contributed by atoms with Gasteiger partial charge in [-0.1, -0.05) is 38.1 Å². The topological polar surface area (TPSA) is 61.9 Å². The lowest BCUT2D eigenvalue weighted by Gasteiger charge is -2.45. The Morgan fingerprint density at radius 3 is 2.45 bits per heavy atom. The second kappa shape index (κ2) is 9.32. The number of urea groups is 1. The van der Waals surface area contributed by atoms with Gasteiger partial charge in [0.15, 0.2) is 0 Å². The number of nitrogens with one attached hydrogen (secondary N) is 1. The van der Waals surface area contributed by atoms with Crippen LogP contribution in [0.3, 0.4) is 0 Å². The minimum atomic E-state index is -3.01. The Labute approximate surface area is 180 Å². The third-order valence-electron chi connectivity index (χ3n) is 5.30. The van der Waals surface area contributed by atoms with Crippen LogP contribution in [0, 0.1) is 6.92 Å². The second-order valence-corrected chi connectivity index (χ2v) is 7.97. The predicted molar refractivity (Wildman–Crippen MR) is 116 cm³/mol. The summed E-state index contributed by atoms with van der Waals surface area (Å²) >= 11 is 0. The van der Waals surface area contributed by atoms with Gasteiger partial charge in [0.2, 0.25) is 5.91 Å².